The molecule has 0 amide bonds. The number of aryl methyl sites for hydroxylation is 1. The Morgan fingerprint density at radius 1 is 0.737 bits per heavy atom. The Morgan fingerprint density at radius 3 is 2.23 bits per heavy atom. The van der Waals surface area contributed by atoms with Crippen LogP contribution in [0.1, 0.15) is 16.7 Å². The zero-order valence-corrected chi connectivity index (χ0v) is 29.8. The number of hydrogen-bond donors (Lipinski definition) is 1. The lowest BCUT2D eigenvalue weighted by Gasteiger charge is -2.12. The van der Waals surface area contributed by atoms with E-state index in [1.807, 2.05) is 0 Å². The Kier molecular flexibility index (Phi) is 8.30. The number of rotatable bonds is 9. The predicted molar refractivity (Wildman–Crippen MR) is 207 cm³/mol. The summed E-state index contributed by atoms with van der Waals surface area (Å²) in [4.78, 5) is 43.8. The maximum atomic E-state index is 14.7. The number of phenolic OH excluding ortho intramolecular Hbond substituents is 1. The van der Waals surface area contributed by atoms with E-state index in [0.717, 1.165) is 10.1 Å². The zero-order valence-electron chi connectivity index (χ0n) is 29.8. The van der Waals surface area contributed by atoms with Gasteiger partial charge in [-0.25, -0.2) is 13.8 Å². The van der Waals surface area contributed by atoms with Crippen LogP contribution in [0.25, 0.3) is 43.6 Å². The second-order valence-corrected chi connectivity index (χ2v) is 13.5. The van der Waals surface area contributed by atoms with E-state index in [4.69, 9.17) is 4.74 Å². The monoisotopic (exact) mass is 766 g/mol. The molecule has 5 heterocycles. The molecule has 0 aliphatic rings. The van der Waals surface area contributed by atoms with Crippen molar-refractivity contribution in [2.45, 2.75) is 19.6 Å². The van der Waals surface area contributed by atoms with Gasteiger partial charge in [-0.2, -0.15) is 19.6 Å². The molecule has 0 atom stereocenters. The van der Waals surface area contributed by atoms with Gasteiger partial charge in [-0.1, -0.05) is 36.4 Å². The molecular formula is C41H28F2N8O6. The Bertz CT molecular complexity index is 3240. The number of nitro benzene ring substituents is 1. The Morgan fingerprint density at radius 2 is 1.46 bits per heavy atom. The minimum absolute atomic E-state index is 0.00963. The minimum atomic E-state index is -0.740. The largest absolute Gasteiger partial charge is 0.508 e. The number of pyridine rings is 1. The number of hydrogen-bond acceptors (Lipinski definition) is 9. The fourth-order valence-electron chi connectivity index (χ4n) is 7.33. The SMILES string of the molecule is Cn1c2cc(O)ccc2c2cnn(Cc3ccc(Cn4c5cc(Oc6cccc(F)n6)ccc5c5cnn(Cc6ccccc6F)c(=O)c54)c([N+](=O)[O-])c3)c(=O)c21. The van der Waals surface area contributed by atoms with Crippen molar-refractivity contribution < 1.29 is 23.5 Å². The van der Waals surface area contributed by atoms with Gasteiger partial charge in [-0.15, -0.1) is 0 Å². The third-order valence-electron chi connectivity index (χ3n) is 10.0. The number of nitrogens with zero attached hydrogens (tertiary/aromatic N) is 8. The van der Waals surface area contributed by atoms with Crippen LogP contribution >= 0.6 is 0 Å². The van der Waals surface area contributed by atoms with E-state index in [2.05, 4.69) is 15.2 Å². The molecule has 0 saturated carbocycles. The van der Waals surface area contributed by atoms with Crippen molar-refractivity contribution in [3.05, 3.63) is 169 Å². The van der Waals surface area contributed by atoms with Crippen molar-refractivity contribution in [1.82, 2.24) is 33.7 Å². The van der Waals surface area contributed by atoms with Crippen molar-refractivity contribution in [3.63, 3.8) is 0 Å². The van der Waals surface area contributed by atoms with Crippen LogP contribution < -0.4 is 15.9 Å². The molecule has 4 aromatic carbocycles. The minimum Gasteiger partial charge on any atom is -0.508 e. The maximum absolute atomic E-state index is 14.7. The first-order valence-electron chi connectivity index (χ1n) is 17.5. The number of benzene rings is 4. The van der Waals surface area contributed by atoms with Gasteiger partial charge in [0.05, 0.1) is 48.0 Å². The van der Waals surface area contributed by atoms with Gasteiger partial charge in [-0.3, -0.25) is 19.7 Å². The van der Waals surface area contributed by atoms with Crippen molar-refractivity contribution >= 4 is 49.3 Å². The molecule has 5 aromatic heterocycles. The highest BCUT2D eigenvalue weighted by Crippen LogP contribution is 2.34. The normalized spacial score (nSPS) is 11.6. The van der Waals surface area contributed by atoms with Gasteiger partial charge in [0.25, 0.3) is 16.8 Å². The van der Waals surface area contributed by atoms with Crippen LogP contribution in [-0.2, 0) is 26.7 Å². The van der Waals surface area contributed by atoms with E-state index >= 15 is 0 Å². The summed E-state index contributed by atoms with van der Waals surface area (Å²) in [6.07, 6.45) is 3.04. The molecule has 0 bridgehead atoms. The van der Waals surface area contributed by atoms with Gasteiger partial charge in [-0.05, 0) is 42.0 Å². The number of halogens is 2. The average Bonchev–Trinajstić information content (AvgIpc) is 3.65. The number of nitro groups is 1. The highest BCUT2D eigenvalue weighted by Gasteiger charge is 2.23. The molecule has 0 spiro atoms. The van der Waals surface area contributed by atoms with Gasteiger partial charge in [0.2, 0.25) is 11.8 Å². The summed E-state index contributed by atoms with van der Waals surface area (Å²) in [5, 5.41) is 33.7. The number of aromatic nitrogens is 7. The first-order chi connectivity index (χ1) is 27.5. The summed E-state index contributed by atoms with van der Waals surface area (Å²) >= 11 is 0. The van der Waals surface area contributed by atoms with Crippen molar-refractivity contribution in [2.24, 2.45) is 7.05 Å². The summed E-state index contributed by atoms with van der Waals surface area (Å²) in [5.74, 6) is -0.952. The Hall–Kier alpha value is -7.75. The maximum Gasteiger partial charge on any atom is 0.291 e. The lowest BCUT2D eigenvalue weighted by atomic mass is 10.1. The topological polar surface area (TPSA) is 165 Å². The van der Waals surface area contributed by atoms with E-state index in [-0.39, 0.29) is 59.3 Å². The lowest BCUT2D eigenvalue weighted by molar-refractivity contribution is -0.385. The molecule has 282 valence electrons. The predicted octanol–water partition coefficient (Wildman–Crippen LogP) is 6.78. The second kappa shape index (κ2) is 13.5. The summed E-state index contributed by atoms with van der Waals surface area (Å²) in [5.41, 5.74) is 1.25. The first-order valence-corrected chi connectivity index (χ1v) is 17.5. The summed E-state index contributed by atoms with van der Waals surface area (Å²) in [6.45, 7) is -0.415. The van der Waals surface area contributed by atoms with Gasteiger partial charge in [0.1, 0.15) is 28.3 Å². The fraction of sp³-hybridized carbons (Fsp3) is 0.0976. The number of phenols is 1. The summed E-state index contributed by atoms with van der Waals surface area (Å²) in [7, 11) is 1.71. The van der Waals surface area contributed by atoms with E-state index in [0.29, 0.717) is 38.3 Å². The van der Waals surface area contributed by atoms with Crippen LogP contribution in [0, 0.1) is 21.9 Å². The third kappa shape index (κ3) is 6.08. The van der Waals surface area contributed by atoms with Gasteiger partial charge in [0, 0.05) is 64.0 Å². The highest BCUT2D eigenvalue weighted by atomic mass is 19.1. The number of aromatic hydroxyl groups is 1. The second-order valence-electron chi connectivity index (χ2n) is 13.5. The average molecular weight is 767 g/mol. The zero-order chi connectivity index (χ0) is 39.5. The molecule has 0 radical (unpaired) electrons. The van der Waals surface area contributed by atoms with E-state index in [1.165, 1.54) is 47.3 Å². The number of ether oxygens (including phenoxy) is 1. The van der Waals surface area contributed by atoms with Crippen molar-refractivity contribution in [3.8, 4) is 17.4 Å². The molecule has 16 heteroatoms. The molecule has 9 aromatic rings. The molecular weight excluding hydrogens is 738 g/mol. The molecule has 0 fully saturated rings. The third-order valence-corrected chi connectivity index (χ3v) is 10.0. The fourth-order valence-corrected chi connectivity index (χ4v) is 7.33. The van der Waals surface area contributed by atoms with Gasteiger partial charge < -0.3 is 19.0 Å². The van der Waals surface area contributed by atoms with Crippen LogP contribution in [0.15, 0.2) is 119 Å². The summed E-state index contributed by atoms with van der Waals surface area (Å²) in [6, 6.07) is 24.4. The van der Waals surface area contributed by atoms with Crippen LogP contribution in [0.3, 0.4) is 0 Å². The van der Waals surface area contributed by atoms with Gasteiger partial charge in [0.15, 0.2) is 0 Å². The molecule has 0 aliphatic carbocycles. The first kappa shape index (κ1) is 35.0. The Labute approximate surface area is 318 Å². The van der Waals surface area contributed by atoms with Gasteiger partial charge >= 0.3 is 0 Å². The van der Waals surface area contributed by atoms with Crippen LogP contribution in [0.2, 0.25) is 0 Å². The molecule has 0 saturated heterocycles. The molecule has 14 nitrogen and oxygen atoms in total. The smallest absolute Gasteiger partial charge is 0.291 e. The quantitative estimate of drug-likeness (QED) is 0.0948. The van der Waals surface area contributed by atoms with E-state index in [9.17, 15) is 33.6 Å². The van der Waals surface area contributed by atoms with Crippen molar-refractivity contribution in [1.29, 1.82) is 0 Å². The standard InChI is InChI=1S/C41H28F2N8O6/c1-47-34-16-26(52)11-13-28(34)30-18-44-49(40(53)38(30)47)20-23-9-10-25(33(15-23)51(55)56)21-48-35-17-27(57-37-8-4-7-36(43)46-37)12-14-29(35)31-19-45-50(41(54)39(31)48)22-24-5-2-3-6-32(24)42/h2-19,52H,20-22H2,1H3. The molecule has 0 unspecified atom stereocenters. The Balaban J connectivity index is 1.14. The molecule has 0 aliphatic heterocycles. The van der Waals surface area contributed by atoms with E-state index in [1.54, 1.807) is 83.0 Å². The highest BCUT2D eigenvalue weighted by molar-refractivity contribution is 6.08. The molecule has 57 heavy (non-hydrogen) atoms. The van der Waals surface area contributed by atoms with Crippen molar-refractivity contribution in [2.75, 3.05) is 0 Å². The van der Waals surface area contributed by atoms with Crippen LogP contribution in [-0.4, -0.2) is 43.7 Å². The number of fused-ring (bicyclic) bond motifs is 6. The van der Waals surface area contributed by atoms with Crippen LogP contribution in [0.4, 0.5) is 14.5 Å². The summed E-state index contributed by atoms with van der Waals surface area (Å²) < 4.78 is 40.0. The molecule has 1 N–H and O–H groups in total. The van der Waals surface area contributed by atoms with Crippen LogP contribution in [0.5, 0.6) is 17.4 Å². The van der Waals surface area contributed by atoms with E-state index < -0.39 is 27.8 Å². The molecule has 9 rings (SSSR count). The lowest BCUT2D eigenvalue weighted by Crippen LogP contribution is -2.25.